The first-order valence-corrected chi connectivity index (χ1v) is 1.81. The highest BCUT2D eigenvalue weighted by Crippen LogP contribution is 1.56. The normalized spacial score (nSPS) is 10.3. The van der Waals surface area contributed by atoms with Gasteiger partial charge in [-0.1, -0.05) is 0 Å². The average Bonchev–Trinajstić information content (AvgIpc) is 1.61. The van der Waals surface area contributed by atoms with Crippen molar-refractivity contribution in [2.24, 2.45) is 4.99 Å². The van der Waals surface area contributed by atoms with Gasteiger partial charge in [0.05, 0.1) is 6.61 Å². The predicted octanol–water partition coefficient (Wildman–Crippen LogP) is 0.333. The average molecular weight is 87.1 g/mol. The molecule has 0 heterocycles. The fraction of sp³-hybridized carbons (Fsp3) is 0.750. The lowest BCUT2D eigenvalue weighted by molar-refractivity contribution is 0.248. The van der Waals surface area contributed by atoms with Crippen LogP contribution in [0.4, 0.5) is 0 Å². The van der Waals surface area contributed by atoms with Crippen molar-refractivity contribution in [3.8, 4) is 0 Å². The summed E-state index contributed by atoms with van der Waals surface area (Å²) < 4.78 is 4.63. The second-order valence-electron chi connectivity index (χ2n) is 0.896. The fourth-order valence-corrected chi connectivity index (χ4v) is 0.149. The maximum Gasteiger partial charge on any atom is 0.0810 e. The topological polar surface area (TPSA) is 21.6 Å². The molecule has 0 aliphatic heterocycles. The Bertz CT molecular complexity index is 42.8. The zero-order chi connectivity index (χ0) is 4.83. The van der Waals surface area contributed by atoms with Gasteiger partial charge in [0.25, 0.3) is 0 Å². The number of rotatable bonds is 2. The molecule has 0 fully saturated rings. The van der Waals surface area contributed by atoms with Crippen molar-refractivity contribution in [2.75, 3.05) is 20.8 Å². The van der Waals surface area contributed by atoms with Crippen molar-refractivity contribution >= 4 is 6.21 Å². The molecule has 0 saturated carbocycles. The van der Waals surface area contributed by atoms with Crippen molar-refractivity contribution < 1.29 is 4.74 Å². The molecule has 6 heavy (non-hydrogen) atoms. The van der Waals surface area contributed by atoms with Gasteiger partial charge in [0.1, 0.15) is 0 Å². The van der Waals surface area contributed by atoms with E-state index in [1.807, 2.05) is 0 Å². The lowest BCUT2D eigenvalue weighted by atomic mass is 10.8. The van der Waals surface area contributed by atoms with Crippen LogP contribution in [0.15, 0.2) is 4.99 Å². The van der Waals surface area contributed by atoms with Gasteiger partial charge in [-0.25, -0.2) is 0 Å². The van der Waals surface area contributed by atoms with Crippen molar-refractivity contribution in [1.82, 2.24) is 0 Å². The third-order valence-electron chi connectivity index (χ3n) is 0.424. The summed E-state index contributed by atoms with van der Waals surface area (Å²) in [5.74, 6) is 0. The smallest absolute Gasteiger partial charge is 0.0810 e. The van der Waals surface area contributed by atoms with Crippen molar-refractivity contribution in [3.63, 3.8) is 0 Å². The van der Waals surface area contributed by atoms with Crippen molar-refractivity contribution in [1.29, 1.82) is 0 Å². The molecule has 0 aromatic carbocycles. The molecule has 0 bridgehead atoms. The van der Waals surface area contributed by atoms with E-state index >= 15 is 0 Å². The monoisotopic (exact) mass is 87.1 g/mol. The quantitative estimate of drug-likeness (QED) is 0.445. The Morgan fingerprint density at radius 2 is 2.50 bits per heavy atom. The Balaban J connectivity index is 2.66. The van der Waals surface area contributed by atoms with E-state index < -0.39 is 0 Å². The molecule has 0 aliphatic carbocycles. The molecular weight excluding hydrogens is 78.0 g/mol. The number of aliphatic imine (C=N–C) groups is 1. The fourth-order valence-electron chi connectivity index (χ4n) is 0.149. The highest BCUT2D eigenvalue weighted by molar-refractivity contribution is 5.57. The summed E-state index contributed by atoms with van der Waals surface area (Å²) in [5.41, 5.74) is 0. The second kappa shape index (κ2) is 4.63. The van der Waals surface area contributed by atoms with E-state index in [1.165, 1.54) is 0 Å². The molecule has 0 spiro atoms. The van der Waals surface area contributed by atoms with E-state index in [4.69, 9.17) is 0 Å². The van der Waals surface area contributed by atoms with E-state index in [1.54, 1.807) is 20.4 Å². The van der Waals surface area contributed by atoms with Crippen LogP contribution in [0.3, 0.4) is 0 Å². The number of ether oxygens (including phenoxy) is 1. The summed E-state index contributed by atoms with van der Waals surface area (Å²) in [6.07, 6.45) is 1.71. The van der Waals surface area contributed by atoms with Gasteiger partial charge in [0.15, 0.2) is 0 Å². The Kier molecular flexibility index (Phi) is 4.34. The predicted molar refractivity (Wildman–Crippen MR) is 26.3 cm³/mol. The molecule has 2 heteroatoms. The largest absolute Gasteiger partial charge is 0.379 e. The molecule has 0 aromatic heterocycles. The number of methoxy groups -OCH3 is 1. The van der Waals surface area contributed by atoms with Crippen LogP contribution < -0.4 is 0 Å². The minimum atomic E-state index is 0.622. The zero-order valence-corrected chi connectivity index (χ0v) is 4.14. The summed E-state index contributed by atoms with van der Waals surface area (Å²) in [6, 6.07) is 0. The van der Waals surface area contributed by atoms with Crippen LogP contribution in [0, 0.1) is 0 Å². The molecule has 0 aromatic rings. The standard InChI is InChI=1S/C4H9NO/c1-5-3-4-6-2/h3H,4H2,1-2H3/b5-3+. The Morgan fingerprint density at radius 3 is 2.67 bits per heavy atom. The van der Waals surface area contributed by atoms with Crippen LogP contribution in [0.1, 0.15) is 0 Å². The van der Waals surface area contributed by atoms with E-state index in [2.05, 4.69) is 9.73 Å². The summed E-state index contributed by atoms with van der Waals surface area (Å²) in [5, 5.41) is 0. The molecule has 0 saturated heterocycles. The minimum absolute atomic E-state index is 0.622. The van der Waals surface area contributed by atoms with Gasteiger partial charge in [-0.2, -0.15) is 0 Å². The Hall–Kier alpha value is -0.370. The molecule has 0 aliphatic rings. The third kappa shape index (κ3) is 3.63. The van der Waals surface area contributed by atoms with Gasteiger partial charge in [-0.15, -0.1) is 0 Å². The summed E-state index contributed by atoms with van der Waals surface area (Å²) in [7, 11) is 3.36. The van der Waals surface area contributed by atoms with Crippen LogP contribution in [0.5, 0.6) is 0 Å². The van der Waals surface area contributed by atoms with E-state index in [0.717, 1.165) is 0 Å². The highest BCUT2D eigenvalue weighted by atomic mass is 16.5. The van der Waals surface area contributed by atoms with E-state index in [0.29, 0.717) is 6.61 Å². The van der Waals surface area contributed by atoms with Crippen molar-refractivity contribution in [3.05, 3.63) is 0 Å². The van der Waals surface area contributed by atoms with Crippen LogP contribution in [-0.2, 0) is 4.74 Å². The molecule has 36 valence electrons. The van der Waals surface area contributed by atoms with Crippen LogP contribution in [0.25, 0.3) is 0 Å². The number of hydrogen-bond donors (Lipinski definition) is 0. The molecular formula is C4H9NO. The first-order chi connectivity index (χ1) is 2.91. The zero-order valence-electron chi connectivity index (χ0n) is 4.14. The Morgan fingerprint density at radius 1 is 1.83 bits per heavy atom. The van der Waals surface area contributed by atoms with Crippen LogP contribution in [-0.4, -0.2) is 27.0 Å². The van der Waals surface area contributed by atoms with Gasteiger partial charge in [-0.3, -0.25) is 4.99 Å². The lowest BCUT2D eigenvalue weighted by Gasteiger charge is -1.81. The summed E-state index contributed by atoms with van der Waals surface area (Å²) in [6.45, 7) is 0.622. The highest BCUT2D eigenvalue weighted by Gasteiger charge is 1.63. The molecule has 0 atom stereocenters. The minimum Gasteiger partial charge on any atom is -0.379 e. The molecule has 0 radical (unpaired) electrons. The lowest BCUT2D eigenvalue weighted by Crippen LogP contribution is -1.86. The van der Waals surface area contributed by atoms with Crippen LogP contribution in [0.2, 0.25) is 0 Å². The van der Waals surface area contributed by atoms with Gasteiger partial charge < -0.3 is 4.74 Å². The molecule has 2 nitrogen and oxygen atoms in total. The number of hydrogen-bond acceptors (Lipinski definition) is 2. The maximum absolute atomic E-state index is 4.63. The molecule has 0 unspecified atom stereocenters. The molecule has 0 amide bonds. The van der Waals surface area contributed by atoms with Gasteiger partial charge in [0.2, 0.25) is 0 Å². The third-order valence-corrected chi connectivity index (χ3v) is 0.424. The summed E-state index contributed by atoms with van der Waals surface area (Å²) >= 11 is 0. The van der Waals surface area contributed by atoms with E-state index in [9.17, 15) is 0 Å². The maximum atomic E-state index is 4.63. The first-order valence-electron chi connectivity index (χ1n) is 1.81. The number of nitrogens with zero attached hydrogens (tertiary/aromatic N) is 1. The van der Waals surface area contributed by atoms with E-state index in [-0.39, 0.29) is 0 Å². The second-order valence-corrected chi connectivity index (χ2v) is 0.896. The Labute approximate surface area is 37.8 Å². The van der Waals surface area contributed by atoms with Gasteiger partial charge >= 0.3 is 0 Å². The van der Waals surface area contributed by atoms with Gasteiger partial charge in [0, 0.05) is 20.4 Å². The molecule has 0 rings (SSSR count). The van der Waals surface area contributed by atoms with Crippen molar-refractivity contribution in [2.45, 2.75) is 0 Å². The van der Waals surface area contributed by atoms with Crippen LogP contribution >= 0.6 is 0 Å². The SMILES string of the molecule is C/N=C/COC. The first kappa shape index (κ1) is 5.63. The molecule has 0 N–H and O–H groups in total. The summed E-state index contributed by atoms with van der Waals surface area (Å²) in [4.78, 5) is 3.68. The van der Waals surface area contributed by atoms with Gasteiger partial charge in [-0.05, 0) is 0 Å².